The van der Waals surface area contributed by atoms with E-state index in [9.17, 15) is 4.39 Å². The van der Waals surface area contributed by atoms with Crippen LogP contribution in [0.15, 0.2) is 18.2 Å². The Kier molecular flexibility index (Phi) is 9.70. The first-order valence-corrected chi connectivity index (χ1v) is 6.53. The predicted molar refractivity (Wildman–Crippen MR) is 87.2 cm³/mol. The lowest BCUT2D eigenvalue weighted by atomic mass is 10.0. The number of methoxy groups -OCH3 is 2. The molecule has 1 aliphatic heterocycles. The third kappa shape index (κ3) is 4.61. The first-order valence-electron chi connectivity index (χ1n) is 6.53. The van der Waals surface area contributed by atoms with Gasteiger partial charge in [0.2, 0.25) is 0 Å². The molecule has 1 aliphatic rings. The molecule has 1 heterocycles. The molecule has 122 valence electrons. The largest absolute Gasteiger partial charge is 0.493 e. The van der Waals surface area contributed by atoms with Crippen molar-refractivity contribution >= 4 is 24.8 Å². The molecule has 1 aromatic rings. The standard InChI is InChI=1S/C14H21FN2O2.2ClH/c1-18-13-5-3-4-11(14(13)19-2)12(10-15)17-8-6-16-7-9-17;;/h3-5,12,16H,6-10H2,1-2H3;2*1H/t12-;;/m0../s1. The number of nitrogens with one attached hydrogen (secondary N) is 1. The number of hydrogen-bond donors (Lipinski definition) is 1. The van der Waals surface area contributed by atoms with E-state index in [1.807, 2.05) is 18.2 Å². The molecule has 4 nitrogen and oxygen atoms in total. The second-order valence-corrected chi connectivity index (χ2v) is 4.54. The average Bonchev–Trinajstić information content (AvgIpc) is 2.48. The zero-order valence-electron chi connectivity index (χ0n) is 12.3. The number of benzene rings is 1. The first kappa shape index (κ1) is 20.2. The molecule has 1 N–H and O–H groups in total. The molecule has 0 saturated carbocycles. The van der Waals surface area contributed by atoms with Crippen LogP contribution in [0.1, 0.15) is 11.6 Å². The summed E-state index contributed by atoms with van der Waals surface area (Å²) in [5.41, 5.74) is 0.853. The molecule has 0 radical (unpaired) electrons. The smallest absolute Gasteiger partial charge is 0.165 e. The van der Waals surface area contributed by atoms with Gasteiger partial charge < -0.3 is 14.8 Å². The molecule has 0 bridgehead atoms. The lowest BCUT2D eigenvalue weighted by Crippen LogP contribution is -2.45. The highest BCUT2D eigenvalue weighted by Gasteiger charge is 2.26. The number of hydrogen-bond acceptors (Lipinski definition) is 4. The molecule has 1 saturated heterocycles. The number of para-hydroxylation sites is 1. The van der Waals surface area contributed by atoms with Crippen LogP contribution in [0.4, 0.5) is 4.39 Å². The molecule has 0 aliphatic carbocycles. The summed E-state index contributed by atoms with van der Waals surface area (Å²) < 4.78 is 24.2. The van der Waals surface area contributed by atoms with Gasteiger partial charge in [-0.15, -0.1) is 24.8 Å². The van der Waals surface area contributed by atoms with E-state index in [2.05, 4.69) is 10.2 Å². The van der Waals surface area contributed by atoms with Crippen molar-refractivity contribution in [1.82, 2.24) is 10.2 Å². The van der Waals surface area contributed by atoms with Crippen LogP contribution >= 0.6 is 24.8 Å². The lowest BCUT2D eigenvalue weighted by Gasteiger charge is -2.34. The summed E-state index contributed by atoms with van der Waals surface area (Å²) in [5, 5.41) is 3.28. The lowest BCUT2D eigenvalue weighted by molar-refractivity contribution is 0.144. The van der Waals surface area contributed by atoms with Gasteiger partial charge in [0.05, 0.1) is 20.3 Å². The van der Waals surface area contributed by atoms with Crippen molar-refractivity contribution in [2.75, 3.05) is 47.1 Å². The van der Waals surface area contributed by atoms with Crippen molar-refractivity contribution in [1.29, 1.82) is 0 Å². The van der Waals surface area contributed by atoms with Gasteiger partial charge in [-0.25, -0.2) is 4.39 Å². The predicted octanol–water partition coefficient (Wildman–Crippen LogP) is 2.46. The molecule has 21 heavy (non-hydrogen) atoms. The molecule has 1 atom stereocenters. The zero-order valence-corrected chi connectivity index (χ0v) is 13.9. The summed E-state index contributed by atoms with van der Waals surface area (Å²) in [5.74, 6) is 1.28. The van der Waals surface area contributed by atoms with E-state index in [4.69, 9.17) is 9.47 Å². The van der Waals surface area contributed by atoms with Gasteiger partial charge in [0.25, 0.3) is 0 Å². The Morgan fingerprint density at radius 3 is 2.38 bits per heavy atom. The summed E-state index contributed by atoms with van der Waals surface area (Å²) >= 11 is 0. The molecular weight excluding hydrogens is 318 g/mol. The number of nitrogens with zero attached hydrogens (tertiary/aromatic N) is 1. The molecule has 0 aromatic heterocycles. The average molecular weight is 341 g/mol. The molecule has 1 fully saturated rings. The Bertz CT molecular complexity index is 418. The number of piperazine rings is 1. The van der Waals surface area contributed by atoms with Crippen LogP contribution in [0.25, 0.3) is 0 Å². The number of ether oxygens (including phenoxy) is 2. The highest BCUT2D eigenvalue weighted by atomic mass is 35.5. The Morgan fingerprint density at radius 1 is 1.19 bits per heavy atom. The van der Waals surface area contributed by atoms with E-state index in [1.54, 1.807) is 14.2 Å². The first-order chi connectivity index (χ1) is 9.31. The van der Waals surface area contributed by atoms with Crippen LogP contribution in [-0.4, -0.2) is 52.0 Å². The van der Waals surface area contributed by atoms with E-state index in [1.165, 1.54) is 0 Å². The SMILES string of the molecule is COc1cccc([C@H](CF)N2CCNCC2)c1OC.Cl.Cl. The molecule has 0 unspecified atom stereocenters. The van der Waals surface area contributed by atoms with Crippen LogP contribution in [0.3, 0.4) is 0 Å². The van der Waals surface area contributed by atoms with Crippen molar-refractivity contribution in [3.8, 4) is 11.5 Å². The second-order valence-electron chi connectivity index (χ2n) is 4.54. The van der Waals surface area contributed by atoms with Crippen molar-refractivity contribution in [3.05, 3.63) is 23.8 Å². The maximum atomic E-state index is 13.5. The van der Waals surface area contributed by atoms with Crippen molar-refractivity contribution in [2.45, 2.75) is 6.04 Å². The Morgan fingerprint density at radius 2 is 1.86 bits per heavy atom. The third-order valence-electron chi connectivity index (χ3n) is 3.53. The number of rotatable bonds is 5. The molecule has 0 spiro atoms. The monoisotopic (exact) mass is 340 g/mol. The summed E-state index contributed by atoms with van der Waals surface area (Å²) in [6.07, 6.45) is 0. The minimum atomic E-state index is -0.427. The van der Waals surface area contributed by atoms with E-state index in [0.717, 1.165) is 31.7 Å². The van der Waals surface area contributed by atoms with Crippen molar-refractivity contribution in [2.24, 2.45) is 0 Å². The molecular formula is C14H23Cl2FN2O2. The fraction of sp³-hybridized carbons (Fsp3) is 0.571. The molecule has 1 aromatic carbocycles. The summed E-state index contributed by atoms with van der Waals surface area (Å²) in [4.78, 5) is 2.15. The summed E-state index contributed by atoms with van der Waals surface area (Å²) in [6.45, 7) is 3.04. The van der Waals surface area contributed by atoms with Crippen LogP contribution in [0, 0.1) is 0 Å². The Labute approximate surface area is 137 Å². The van der Waals surface area contributed by atoms with Crippen LogP contribution in [0.5, 0.6) is 11.5 Å². The molecule has 7 heteroatoms. The van der Waals surface area contributed by atoms with Gasteiger partial charge in [0.15, 0.2) is 11.5 Å². The maximum absolute atomic E-state index is 13.5. The van der Waals surface area contributed by atoms with Crippen molar-refractivity contribution in [3.63, 3.8) is 0 Å². The van der Waals surface area contributed by atoms with Gasteiger partial charge >= 0.3 is 0 Å². The zero-order chi connectivity index (χ0) is 13.7. The second kappa shape index (κ2) is 10.1. The fourth-order valence-electron chi connectivity index (χ4n) is 2.55. The Hall–Kier alpha value is -0.750. The maximum Gasteiger partial charge on any atom is 0.165 e. The molecule has 0 amide bonds. The van der Waals surface area contributed by atoms with Gasteiger partial charge in [0.1, 0.15) is 6.67 Å². The number of halogens is 3. The minimum absolute atomic E-state index is 0. The minimum Gasteiger partial charge on any atom is -0.493 e. The highest BCUT2D eigenvalue weighted by molar-refractivity contribution is 5.85. The number of alkyl halides is 1. The third-order valence-corrected chi connectivity index (χ3v) is 3.53. The van der Waals surface area contributed by atoms with E-state index >= 15 is 0 Å². The quantitative estimate of drug-likeness (QED) is 0.892. The van der Waals surface area contributed by atoms with Gasteiger partial charge in [-0.05, 0) is 6.07 Å². The van der Waals surface area contributed by atoms with Gasteiger partial charge in [-0.3, -0.25) is 4.90 Å². The van der Waals surface area contributed by atoms with Gasteiger partial charge in [0, 0.05) is 31.7 Å². The topological polar surface area (TPSA) is 33.7 Å². The van der Waals surface area contributed by atoms with E-state index < -0.39 is 6.67 Å². The van der Waals surface area contributed by atoms with Crippen molar-refractivity contribution < 1.29 is 13.9 Å². The van der Waals surface area contributed by atoms with Crippen LogP contribution < -0.4 is 14.8 Å². The van der Waals surface area contributed by atoms with Crippen LogP contribution in [0.2, 0.25) is 0 Å². The normalized spacial score (nSPS) is 16.3. The summed E-state index contributed by atoms with van der Waals surface area (Å²) in [6, 6.07) is 5.34. The highest BCUT2D eigenvalue weighted by Crippen LogP contribution is 2.37. The fourth-order valence-corrected chi connectivity index (χ4v) is 2.55. The van der Waals surface area contributed by atoms with Gasteiger partial charge in [-0.2, -0.15) is 0 Å². The van der Waals surface area contributed by atoms with E-state index in [0.29, 0.717) is 11.5 Å². The molecule has 2 rings (SSSR count). The van der Waals surface area contributed by atoms with E-state index in [-0.39, 0.29) is 30.9 Å². The summed E-state index contributed by atoms with van der Waals surface area (Å²) in [7, 11) is 3.19. The van der Waals surface area contributed by atoms with Crippen LogP contribution in [-0.2, 0) is 0 Å². The Balaban J connectivity index is 0.00000200. The van der Waals surface area contributed by atoms with Gasteiger partial charge in [-0.1, -0.05) is 12.1 Å².